The summed E-state index contributed by atoms with van der Waals surface area (Å²) in [5.74, 6) is 0. The number of alkyl halides is 3. The molecule has 0 amide bonds. The van der Waals surface area contributed by atoms with E-state index >= 15 is 0 Å². The van der Waals surface area contributed by atoms with Gasteiger partial charge in [-0.2, -0.15) is 13.2 Å². The molecular weight excluding hydrogens is 231 g/mol. The summed E-state index contributed by atoms with van der Waals surface area (Å²) in [7, 11) is 0. The fourth-order valence-electron chi connectivity index (χ4n) is 1.50. The van der Waals surface area contributed by atoms with E-state index in [1.807, 2.05) is 0 Å². The number of halogens is 3. The average Bonchev–Trinajstić information content (AvgIpc) is 2.29. The molecule has 0 saturated heterocycles. The first-order chi connectivity index (χ1) is 7.98. The molecule has 1 aromatic heterocycles. The van der Waals surface area contributed by atoms with Crippen LogP contribution in [0.25, 0.3) is 11.1 Å². The molecule has 0 spiro atoms. The van der Waals surface area contributed by atoms with Crippen LogP contribution in [0.1, 0.15) is 5.56 Å². The third-order valence-electron chi connectivity index (χ3n) is 2.32. The maximum absolute atomic E-state index is 12.5. The molecule has 0 bridgehead atoms. The van der Waals surface area contributed by atoms with Gasteiger partial charge in [-0.15, -0.1) is 0 Å². The van der Waals surface area contributed by atoms with Gasteiger partial charge in [-0.1, -0.05) is 12.1 Å². The molecule has 0 radical (unpaired) electrons. The summed E-state index contributed by atoms with van der Waals surface area (Å²) in [5, 5.41) is 0. The number of aromatic amines is 1. The second-order valence-electron chi connectivity index (χ2n) is 3.50. The monoisotopic (exact) mass is 239 g/mol. The van der Waals surface area contributed by atoms with Crippen LogP contribution >= 0.6 is 0 Å². The van der Waals surface area contributed by atoms with Gasteiger partial charge >= 0.3 is 6.18 Å². The minimum absolute atomic E-state index is 0.221. The predicted molar refractivity (Wildman–Crippen MR) is 57.5 cm³/mol. The van der Waals surface area contributed by atoms with E-state index in [9.17, 15) is 18.0 Å². The average molecular weight is 239 g/mol. The van der Waals surface area contributed by atoms with Crippen molar-refractivity contribution in [2.75, 3.05) is 0 Å². The van der Waals surface area contributed by atoms with Crippen LogP contribution in [-0.4, -0.2) is 4.98 Å². The maximum Gasteiger partial charge on any atom is 0.416 e. The summed E-state index contributed by atoms with van der Waals surface area (Å²) in [6.45, 7) is 0. The van der Waals surface area contributed by atoms with E-state index in [-0.39, 0.29) is 16.6 Å². The molecule has 17 heavy (non-hydrogen) atoms. The Kier molecular flexibility index (Phi) is 2.75. The molecule has 0 saturated carbocycles. The number of pyridine rings is 1. The van der Waals surface area contributed by atoms with E-state index in [0.29, 0.717) is 0 Å². The van der Waals surface area contributed by atoms with Crippen molar-refractivity contribution in [3.05, 3.63) is 58.5 Å². The largest absolute Gasteiger partial charge is 0.416 e. The van der Waals surface area contributed by atoms with E-state index in [4.69, 9.17) is 0 Å². The number of nitrogens with one attached hydrogen (secondary N) is 1. The van der Waals surface area contributed by atoms with E-state index in [2.05, 4.69) is 4.98 Å². The molecule has 1 aromatic carbocycles. The standard InChI is InChI=1S/C12H8F3NO/c13-12(14,15)9-3-1-2-8(6-9)10-7-16-5-4-11(10)17/h1-7H,(H,16,17). The summed E-state index contributed by atoms with van der Waals surface area (Å²) >= 11 is 0. The Morgan fingerprint density at radius 1 is 1.12 bits per heavy atom. The van der Waals surface area contributed by atoms with Gasteiger partial charge in [0.1, 0.15) is 0 Å². The molecule has 0 atom stereocenters. The topological polar surface area (TPSA) is 32.9 Å². The summed E-state index contributed by atoms with van der Waals surface area (Å²) in [6, 6.07) is 5.96. The van der Waals surface area contributed by atoms with Crippen molar-refractivity contribution < 1.29 is 13.2 Å². The van der Waals surface area contributed by atoms with Crippen molar-refractivity contribution in [1.82, 2.24) is 4.98 Å². The zero-order valence-electron chi connectivity index (χ0n) is 8.58. The number of H-pyrrole nitrogens is 1. The number of hydrogen-bond acceptors (Lipinski definition) is 1. The van der Waals surface area contributed by atoms with E-state index in [1.54, 1.807) is 0 Å². The van der Waals surface area contributed by atoms with Gasteiger partial charge in [0.25, 0.3) is 0 Å². The highest BCUT2D eigenvalue weighted by Gasteiger charge is 2.30. The Hall–Kier alpha value is -2.04. The van der Waals surface area contributed by atoms with Gasteiger partial charge in [-0.05, 0) is 17.7 Å². The molecule has 5 heteroatoms. The van der Waals surface area contributed by atoms with E-state index < -0.39 is 11.7 Å². The van der Waals surface area contributed by atoms with Crippen molar-refractivity contribution in [3.8, 4) is 11.1 Å². The molecule has 2 aromatic rings. The molecule has 1 heterocycles. The highest BCUT2D eigenvalue weighted by molar-refractivity contribution is 5.63. The number of aromatic nitrogens is 1. The molecule has 0 unspecified atom stereocenters. The molecular formula is C12H8F3NO. The van der Waals surface area contributed by atoms with Crippen LogP contribution in [0.3, 0.4) is 0 Å². The van der Waals surface area contributed by atoms with Gasteiger partial charge in [-0.3, -0.25) is 4.79 Å². The lowest BCUT2D eigenvalue weighted by Crippen LogP contribution is -2.07. The summed E-state index contributed by atoms with van der Waals surface area (Å²) in [5.41, 5.74) is -0.610. The Morgan fingerprint density at radius 3 is 2.53 bits per heavy atom. The first kappa shape index (κ1) is 11.4. The Labute approximate surface area is 94.7 Å². The first-order valence-electron chi connectivity index (χ1n) is 4.83. The Balaban J connectivity index is 2.55. The van der Waals surface area contributed by atoms with Gasteiger partial charge in [0.15, 0.2) is 5.43 Å². The van der Waals surface area contributed by atoms with Gasteiger partial charge < -0.3 is 4.98 Å². The lowest BCUT2D eigenvalue weighted by molar-refractivity contribution is -0.137. The van der Waals surface area contributed by atoms with Gasteiger partial charge in [0.05, 0.1) is 5.56 Å². The third kappa shape index (κ3) is 2.38. The van der Waals surface area contributed by atoms with E-state index in [1.165, 1.54) is 30.6 Å². The van der Waals surface area contributed by atoms with Crippen molar-refractivity contribution in [2.24, 2.45) is 0 Å². The Bertz CT molecular complexity index is 587. The molecule has 88 valence electrons. The Morgan fingerprint density at radius 2 is 1.88 bits per heavy atom. The van der Waals surface area contributed by atoms with Crippen molar-refractivity contribution in [1.29, 1.82) is 0 Å². The van der Waals surface area contributed by atoms with Crippen LogP contribution in [0.15, 0.2) is 47.5 Å². The van der Waals surface area contributed by atoms with Crippen molar-refractivity contribution >= 4 is 0 Å². The molecule has 2 nitrogen and oxygen atoms in total. The molecule has 0 fully saturated rings. The van der Waals surface area contributed by atoms with Gasteiger partial charge in [-0.25, -0.2) is 0 Å². The molecule has 1 N–H and O–H groups in total. The van der Waals surface area contributed by atoms with E-state index in [0.717, 1.165) is 12.1 Å². The first-order valence-corrected chi connectivity index (χ1v) is 4.83. The highest BCUT2D eigenvalue weighted by atomic mass is 19.4. The number of hydrogen-bond donors (Lipinski definition) is 1. The van der Waals surface area contributed by atoms with Crippen LogP contribution < -0.4 is 5.43 Å². The van der Waals surface area contributed by atoms with Crippen molar-refractivity contribution in [2.45, 2.75) is 6.18 Å². The SMILES string of the molecule is O=c1cc[nH]cc1-c1cccc(C(F)(F)F)c1. The lowest BCUT2D eigenvalue weighted by atomic mass is 10.0. The summed E-state index contributed by atoms with van der Waals surface area (Å²) < 4.78 is 37.5. The maximum atomic E-state index is 12.5. The smallest absolute Gasteiger partial charge is 0.367 e. The summed E-state index contributed by atoms with van der Waals surface area (Å²) in [4.78, 5) is 14.2. The normalized spacial score (nSPS) is 11.5. The molecule has 0 aliphatic heterocycles. The van der Waals surface area contributed by atoms with Crippen LogP contribution in [0.4, 0.5) is 13.2 Å². The van der Waals surface area contributed by atoms with Crippen LogP contribution in [-0.2, 0) is 6.18 Å². The van der Waals surface area contributed by atoms with Crippen LogP contribution in [0, 0.1) is 0 Å². The third-order valence-corrected chi connectivity index (χ3v) is 2.32. The van der Waals surface area contributed by atoms with Crippen LogP contribution in [0.2, 0.25) is 0 Å². The second kappa shape index (κ2) is 4.08. The number of benzene rings is 1. The fourth-order valence-corrected chi connectivity index (χ4v) is 1.50. The molecule has 2 rings (SSSR count). The van der Waals surface area contributed by atoms with Crippen molar-refractivity contribution in [3.63, 3.8) is 0 Å². The quantitative estimate of drug-likeness (QED) is 0.815. The molecule has 0 aliphatic rings. The minimum atomic E-state index is -4.41. The molecule has 0 aliphatic carbocycles. The lowest BCUT2D eigenvalue weighted by Gasteiger charge is -2.08. The van der Waals surface area contributed by atoms with Crippen LogP contribution in [0.5, 0.6) is 0 Å². The second-order valence-corrected chi connectivity index (χ2v) is 3.50. The predicted octanol–water partition coefficient (Wildman–Crippen LogP) is 3.06. The van der Waals surface area contributed by atoms with Gasteiger partial charge in [0.2, 0.25) is 0 Å². The highest BCUT2D eigenvalue weighted by Crippen LogP contribution is 2.31. The fraction of sp³-hybridized carbons (Fsp3) is 0.0833. The zero-order chi connectivity index (χ0) is 12.5. The number of rotatable bonds is 1. The zero-order valence-corrected chi connectivity index (χ0v) is 8.58. The van der Waals surface area contributed by atoms with Gasteiger partial charge in [0, 0.05) is 24.0 Å². The summed E-state index contributed by atoms with van der Waals surface area (Å²) in [6.07, 6.45) is -1.59. The minimum Gasteiger partial charge on any atom is -0.367 e.